The minimum atomic E-state index is -2.44. The number of aliphatic carboxylic acids is 2. The van der Waals surface area contributed by atoms with Gasteiger partial charge in [0.25, 0.3) is 0 Å². The molecule has 15 N–H and O–H groups in total. The van der Waals surface area contributed by atoms with Gasteiger partial charge in [0.15, 0.2) is 0 Å². The average Bonchev–Trinajstić information content (AvgIpc) is 1.84. The molecule has 0 radical (unpaired) electrons. The van der Waals surface area contributed by atoms with Crippen molar-refractivity contribution >= 4 is 49.7 Å². The van der Waals surface area contributed by atoms with Gasteiger partial charge in [-0.3, -0.25) is 0 Å². The molecule has 0 rings (SSSR count). The van der Waals surface area contributed by atoms with Gasteiger partial charge in [0, 0.05) is 0 Å². The maximum absolute atomic E-state index is 9.63. The summed E-state index contributed by atoms with van der Waals surface area (Å²) in [5.74, 6) is -4.12. The Labute approximate surface area is 125 Å². The van der Waals surface area contributed by atoms with Gasteiger partial charge >= 0.3 is 37.7 Å². The first-order valence-corrected chi connectivity index (χ1v) is 2.24. The summed E-state index contributed by atoms with van der Waals surface area (Å²) in [4.78, 5) is 19.3. The maximum atomic E-state index is 9.63. The van der Waals surface area contributed by atoms with Crippen LogP contribution in [0.2, 0.25) is 0 Å². The number of hydrogen-bond acceptors (Lipinski definition) is 7. The van der Waals surface area contributed by atoms with E-state index in [1.165, 1.54) is 0 Å². The smallest absolute Gasteiger partial charge is 0.547 e. The number of carbonyl (C=O) groups is 2. The first kappa shape index (κ1) is 54.0. The van der Waals surface area contributed by atoms with Crippen LogP contribution in [-0.2, 0) is 9.59 Å². The van der Waals surface area contributed by atoms with Crippen molar-refractivity contribution in [2.75, 3.05) is 0 Å². The molecule has 0 aromatic heterocycles. The third-order valence-corrected chi connectivity index (χ3v) is 0.782. The van der Waals surface area contributed by atoms with Crippen LogP contribution < -0.4 is 16.4 Å². The van der Waals surface area contributed by atoms with E-state index in [4.69, 9.17) is 10.2 Å². The molecule has 0 aromatic rings. The van der Waals surface area contributed by atoms with E-state index in [2.05, 4.69) is 0 Å². The second-order valence-electron chi connectivity index (χ2n) is 1.53. The van der Waals surface area contributed by atoms with Crippen LogP contribution in [0.15, 0.2) is 0 Å². The number of carboxylic acids is 2. The number of carboxylic acid groups (broad SMARTS) is 2. The summed E-state index contributed by atoms with van der Waals surface area (Å²) in [6.45, 7) is 0. The second kappa shape index (κ2) is 24.9. The predicted octanol–water partition coefficient (Wildman–Crippen LogP) is -9.13. The van der Waals surface area contributed by atoms with Gasteiger partial charge in [0.1, 0.15) is 12.2 Å². The molecule has 0 saturated carbocycles. The zero-order valence-electron chi connectivity index (χ0n) is 8.60. The van der Waals surface area contributed by atoms with Crippen LogP contribution in [0.5, 0.6) is 0 Å². The van der Waals surface area contributed by atoms with E-state index < -0.39 is 24.1 Å². The number of aliphatic hydroxyl groups is 2. The van der Waals surface area contributed by atoms with E-state index in [0.717, 1.165) is 0 Å². The molecule has 0 aliphatic rings. The van der Waals surface area contributed by atoms with Crippen LogP contribution >= 0.6 is 0 Å². The summed E-state index contributed by atoms with van der Waals surface area (Å²) in [5.41, 5.74) is 0. The van der Waals surface area contributed by atoms with Gasteiger partial charge in [-0.15, -0.1) is 0 Å². The van der Waals surface area contributed by atoms with E-state index in [1.807, 2.05) is 0 Å². The minimum absolute atomic E-state index is 0. The fraction of sp³-hybridized carbons (Fsp3) is 0.500. The number of carbonyl (C=O) groups excluding carboxylic acids is 2. The van der Waals surface area contributed by atoms with Crippen LogP contribution in [0, 0.1) is 0 Å². The third-order valence-electron chi connectivity index (χ3n) is 0.782. The summed E-state index contributed by atoms with van der Waals surface area (Å²) < 4.78 is 0. The minimum Gasteiger partial charge on any atom is -0.547 e. The zero-order valence-corrected chi connectivity index (χ0v) is 10.8. The van der Waals surface area contributed by atoms with Gasteiger partial charge in [-0.05, 0) is 0 Å². The summed E-state index contributed by atoms with van der Waals surface area (Å²) in [6, 6.07) is 0. The molecule has 0 amide bonds. The SMILES string of the molecule is N.O.O.O.O.O.O=C([O-])C(O)C(O)C(=O)[O-].[Ca+2]. The Morgan fingerprint density at radius 2 is 0.882 bits per heavy atom. The van der Waals surface area contributed by atoms with E-state index >= 15 is 0 Å². The third kappa shape index (κ3) is 21.7. The Balaban J connectivity index is -0.0000000193. The van der Waals surface area contributed by atoms with Crippen LogP contribution in [0.1, 0.15) is 0 Å². The van der Waals surface area contributed by atoms with E-state index in [9.17, 15) is 19.8 Å². The molecule has 106 valence electrons. The summed E-state index contributed by atoms with van der Waals surface area (Å²) >= 11 is 0. The van der Waals surface area contributed by atoms with Gasteiger partial charge in [-0.1, -0.05) is 0 Å². The number of aliphatic hydroxyl groups excluding tert-OH is 2. The Morgan fingerprint density at radius 1 is 0.765 bits per heavy atom. The predicted molar refractivity (Wildman–Crippen MR) is 50.9 cm³/mol. The van der Waals surface area contributed by atoms with Gasteiger partial charge in [0.2, 0.25) is 0 Å². The molecule has 2 atom stereocenters. The van der Waals surface area contributed by atoms with Crippen molar-refractivity contribution in [3.05, 3.63) is 0 Å². The molecule has 0 aromatic carbocycles. The Bertz CT molecular complexity index is 148. The summed E-state index contributed by atoms with van der Waals surface area (Å²) in [7, 11) is 0. The molecule has 0 bridgehead atoms. The van der Waals surface area contributed by atoms with Crippen molar-refractivity contribution in [2.24, 2.45) is 0 Å². The zero-order chi connectivity index (χ0) is 8.31. The molecular formula is C4H17CaNO11. The Hall–Kier alpha value is -0.120. The number of rotatable bonds is 3. The molecular weight excluding hydrogens is 278 g/mol. The van der Waals surface area contributed by atoms with Crippen molar-refractivity contribution in [1.82, 2.24) is 6.15 Å². The van der Waals surface area contributed by atoms with Crippen molar-refractivity contribution in [3.8, 4) is 0 Å². The molecule has 0 fully saturated rings. The molecule has 12 nitrogen and oxygen atoms in total. The Morgan fingerprint density at radius 3 is 0.941 bits per heavy atom. The molecule has 0 aliphatic carbocycles. The average molecular weight is 295 g/mol. The maximum Gasteiger partial charge on any atom is 2.00 e. The van der Waals surface area contributed by atoms with E-state index in [-0.39, 0.29) is 71.3 Å². The van der Waals surface area contributed by atoms with Gasteiger partial charge < -0.3 is 63.5 Å². The van der Waals surface area contributed by atoms with Crippen LogP contribution in [0.3, 0.4) is 0 Å². The molecule has 0 heterocycles. The Kier molecular flexibility index (Phi) is 79.1. The van der Waals surface area contributed by atoms with Gasteiger partial charge in [0.05, 0.1) is 11.9 Å². The summed E-state index contributed by atoms with van der Waals surface area (Å²) in [5, 5.41) is 35.7. The van der Waals surface area contributed by atoms with Gasteiger partial charge in [-0.25, -0.2) is 0 Å². The van der Waals surface area contributed by atoms with E-state index in [1.54, 1.807) is 0 Å². The van der Waals surface area contributed by atoms with Crippen molar-refractivity contribution in [1.29, 1.82) is 0 Å². The monoisotopic (exact) mass is 295 g/mol. The summed E-state index contributed by atoms with van der Waals surface area (Å²) in [6.07, 6.45) is -4.88. The first-order chi connectivity index (χ1) is 4.46. The number of hydrogen-bond donors (Lipinski definition) is 3. The van der Waals surface area contributed by atoms with Crippen LogP contribution in [0.4, 0.5) is 0 Å². The van der Waals surface area contributed by atoms with Gasteiger partial charge in [-0.2, -0.15) is 0 Å². The van der Waals surface area contributed by atoms with Crippen molar-refractivity contribution < 1.29 is 57.4 Å². The quantitative estimate of drug-likeness (QED) is 0.421. The van der Waals surface area contributed by atoms with Crippen LogP contribution in [0.25, 0.3) is 0 Å². The molecule has 17 heavy (non-hydrogen) atoms. The molecule has 0 spiro atoms. The molecule has 0 aliphatic heterocycles. The molecule has 2 unspecified atom stereocenters. The largest absolute Gasteiger partial charge is 2.00 e. The fourth-order valence-corrected chi connectivity index (χ4v) is 0.258. The standard InChI is InChI=1S/C4H6O6.Ca.H3N.5H2O/c5-1(3(7)8)2(6)4(9)10;;;;;;;/h1-2,5-6H,(H,7,8)(H,9,10);;1H3;5*1H2/q;+2;;;;;;/p-2. The van der Waals surface area contributed by atoms with E-state index in [0.29, 0.717) is 0 Å². The molecule has 0 saturated heterocycles. The molecule has 13 heteroatoms. The van der Waals surface area contributed by atoms with Crippen molar-refractivity contribution in [2.45, 2.75) is 12.2 Å². The first-order valence-electron chi connectivity index (χ1n) is 2.24. The topological polar surface area (TPSA) is 313 Å². The van der Waals surface area contributed by atoms with Crippen LogP contribution in [-0.4, -0.2) is 99.5 Å². The fourth-order valence-electron chi connectivity index (χ4n) is 0.258. The second-order valence-corrected chi connectivity index (χ2v) is 1.53. The van der Waals surface area contributed by atoms with Crippen molar-refractivity contribution in [3.63, 3.8) is 0 Å². The normalized spacial score (nSPS) is 9.29.